The molecule has 0 spiro atoms. The number of nitrogens with one attached hydrogen (secondary N) is 1. The van der Waals surface area contributed by atoms with E-state index in [4.69, 9.17) is 4.74 Å². The highest BCUT2D eigenvalue weighted by molar-refractivity contribution is 5.39. The van der Waals surface area contributed by atoms with Gasteiger partial charge in [0, 0.05) is 31.4 Å². The van der Waals surface area contributed by atoms with Gasteiger partial charge in [0.25, 0.3) is 5.56 Å². The van der Waals surface area contributed by atoms with Crippen molar-refractivity contribution in [2.24, 2.45) is 0 Å². The molecule has 146 valence electrons. The maximum absolute atomic E-state index is 12.0. The highest BCUT2D eigenvalue weighted by Gasteiger charge is 2.20. The molecule has 2 aromatic rings. The first kappa shape index (κ1) is 19.1. The van der Waals surface area contributed by atoms with Crippen LogP contribution in [-0.4, -0.2) is 39.2 Å². The second-order valence-corrected chi connectivity index (χ2v) is 6.59. The Bertz CT molecular complexity index is 807. The summed E-state index contributed by atoms with van der Waals surface area (Å²) in [7, 11) is 0. The zero-order valence-corrected chi connectivity index (χ0v) is 16.1. The van der Waals surface area contributed by atoms with Crippen LogP contribution in [-0.2, 0) is 13.1 Å². The lowest BCUT2D eigenvalue weighted by atomic mass is 10.2. The number of nitrogens with zero attached hydrogens (tertiary/aromatic N) is 5. The smallest absolute Gasteiger partial charge is 0.323 e. The van der Waals surface area contributed by atoms with E-state index in [9.17, 15) is 4.79 Å². The van der Waals surface area contributed by atoms with E-state index in [0.29, 0.717) is 44.1 Å². The van der Waals surface area contributed by atoms with Gasteiger partial charge in [-0.15, -0.1) is 0 Å². The summed E-state index contributed by atoms with van der Waals surface area (Å²) in [6.45, 7) is 7.30. The van der Waals surface area contributed by atoms with Crippen LogP contribution in [0.4, 0.5) is 11.9 Å². The molecule has 3 heterocycles. The van der Waals surface area contributed by atoms with Crippen LogP contribution < -0.4 is 20.5 Å². The van der Waals surface area contributed by atoms with E-state index in [1.54, 1.807) is 16.7 Å². The molecular formula is C19H28N6O2. The molecule has 0 saturated carbocycles. The predicted octanol–water partition coefficient (Wildman–Crippen LogP) is 2.44. The van der Waals surface area contributed by atoms with Gasteiger partial charge in [-0.1, -0.05) is 32.3 Å². The summed E-state index contributed by atoms with van der Waals surface area (Å²) in [6, 6.07) is 5.68. The minimum absolute atomic E-state index is 0.0345. The van der Waals surface area contributed by atoms with Gasteiger partial charge < -0.3 is 19.5 Å². The van der Waals surface area contributed by atoms with Gasteiger partial charge in [0.15, 0.2) is 0 Å². The molecule has 0 aliphatic carbocycles. The molecule has 27 heavy (non-hydrogen) atoms. The molecule has 2 aromatic heterocycles. The highest BCUT2D eigenvalue weighted by atomic mass is 16.5. The molecule has 0 saturated heterocycles. The van der Waals surface area contributed by atoms with E-state index in [2.05, 4.69) is 32.1 Å². The Morgan fingerprint density at radius 2 is 2.00 bits per heavy atom. The van der Waals surface area contributed by atoms with Crippen molar-refractivity contribution in [3.05, 3.63) is 34.2 Å². The Kier molecular flexibility index (Phi) is 6.62. The zero-order chi connectivity index (χ0) is 19.1. The third-order valence-electron chi connectivity index (χ3n) is 4.56. The molecule has 3 rings (SSSR count). The van der Waals surface area contributed by atoms with Crippen LogP contribution in [0, 0.1) is 0 Å². The first-order valence-electron chi connectivity index (χ1n) is 9.77. The molecule has 8 nitrogen and oxygen atoms in total. The van der Waals surface area contributed by atoms with Gasteiger partial charge in [0.05, 0.1) is 13.2 Å². The molecule has 1 aliphatic heterocycles. The first-order chi connectivity index (χ1) is 13.2. The summed E-state index contributed by atoms with van der Waals surface area (Å²) in [4.78, 5) is 27.4. The molecule has 8 heteroatoms. The number of unbranched alkanes of at least 4 members (excludes halogenated alkanes) is 3. The van der Waals surface area contributed by atoms with Crippen molar-refractivity contribution in [3.63, 3.8) is 0 Å². The fraction of sp³-hybridized carbons (Fsp3) is 0.579. The third kappa shape index (κ3) is 4.96. The van der Waals surface area contributed by atoms with Gasteiger partial charge in [-0.2, -0.15) is 15.0 Å². The van der Waals surface area contributed by atoms with E-state index in [1.165, 1.54) is 19.3 Å². The number of pyridine rings is 1. The quantitative estimate of drug-likeness (QED) is 0.677. The van der Waals surface area contributed by atoms with E-state index < -0.39 is 0 Å². The Morgan fingerprint density at radius 3 is 2.81 bits per heavy atom. The van der Waals surface area contributed by atoms with Crippen molar-refractivity contribution < 1.29 is 4.74 Å². The van der Waals surface area contributed by atoms with Crippen LogP contribution in [0.15, 0.2) is 23.0 Å². The minimum atomic E-state index is 0.0345. The topological polar surface area (TPSA) is 85.2 Å². The zero-order valence-electron chi connectivity index (χ0n) is 16.1. The minimum Gasteiger partial charge on any atom is -0.464 e. The Balaban J connectivity index is 1.75. The van der Waals surface area contributed by atoms with E-state index in [0.717, 1.165) is 18.7 Å². The summed E-state index contributed by atoms with van der Waals surface area (Å²) in [6.07, 6.45) is 4.72. The lowest BCUT2D eigenvalue weighted by Crippen LogP contribution is -2.39. The summed E-state index contributed by atoms with van der Waals surface area (Å²) in [5, 5.41) is 3.29. The molecule has 0 amide bonds. The van der Waals surface area contributed by atoms with Gasteiger partial charge in [-0.25, -0.2) is 0 Å². The first-order valence-corrected chi connectivity index (χ1v) is 9.77. The van der Waals surface area contributed by atoms with Crippen LogP contribution in [0.2, 0.25) is 0 Å². The normalized spacial score (nSPS) is 13.3. The van der Waals surface area contributed by atoms with Gasteiger partial charge in [-0.3, -0.25) is 4.79 Å². The molecule has 0 fully saturated rings. The van der Waals surface area contributed by atoms with Crippen LogP contribution >= 0.6 is 0 Å². The van der Waals surface area contributed by atoms with E-state index in [1.807, 2.05) is 13.0 Å². The lowest BCUT2D eigenvalue weighted by Gasteiger charge is -2.29. The van der Waals surface area contributed by atoms with Gasteiger partial charge >= 0.3 is 6.01 Å². The summed E-state index contributed by atoms with van der Waals surface area (Å²) >= 11 is 0. The number of ether oxygens (including phenoxy) is 1. The SMILES string of the molecule is CCCCCCNc1nc(OCC)nc(N2CCn3c(cccc3=O)C2)n1. The number of hydrogen-bond acceptors (Lipinski definition) is 7. The fourth-order valence-electron chi connectivity index (χ4n) is 3.13. The molecule has 0 bridgehead atoms. The van der Waals surface area contributed by atoms with Crippen molar-refractivity contribution in [1.29, 1.82) is 0 Å². The summed E-state index contributed by atoms with van der Waals surface area (Å²) in [5.74, 6) is 1.11. The van der Waals surface area contributed by atoms with Crippen molar-refractivity contribution >= 4 is 11.9 Å². The molecule has 0 aromatic carbocycles. The largest absolute Gasteiger partial charge is 0.464 e. The van der Waals surface area contributed by atoms with Gasteiger partial charge in [0.1, 0.15) is 0 Å². The van der Waals surface area contributed by atoms with Crippen molar-refractivity contribution in [3.8, 4) is 6.01 Å². The molecule has 1 aliphatic rings. The average molecular weight is 372 g/mol. The third-order valence-corrected chi connectivity index (χ3v) is 4.56. The van der Waals surface area contributed by atoms with Crippen molar-refractivity contribution in [1.82, 2.24) is 19.5 Å². The molecule has 0 unspecified atom stereocenters. The van der Waals surface area contributed by atoms with Gasteiger partial charge in [0.2, 0.25) is 11.9 Å². The molecule has 0 radical (unpaired) electrons. The Labute approximate surface area is 159 Å². The molecule has 0 atom stereocenters. The summed E-state index contributed by atoms with van der Waals surface area (Å²) < 4.78 is 7.33. The Morgan fingerprint density at radius 1 is 1.11 bits per heavy atom. The fourth-order valence-corrected chi connectivity index (χ4v) is 3.13. The number of anilines is 2. The second-order valence-electron chi connectivity index (χ2n) is 6.59. The van der Waals surface area contributed by atoms with E-state index >= 15 is 0 Å². The second kappa shape index (κ2) is 9.34. The highest BCUT2D eigenvalue weighted by Crippen LogP contribution is 2.20. The number of aromatic nitrogens is 4. The standard InChI is InChI=1S/C19H28N6O2/c1-3-5-6-7-11-20-17-21-18(23-19(22-17)27-4-2)24-12-13-25-15(14-24)9-8-10-16(25)26/h8-10H,3-7,11-14H2,1-2H3,(H,20,21,22,23). The van der Waals surface area contributed by atoms with E-state index in [-0.39, 0.29) is 5.56 Å². The molecule has 1 N–H and O–H groups in total. The van der Waals surface area contributed by atoms with Crippen LogP contribution in [0.5, 0.6) is 6.01 Å². The molecular weight excluding hydrogens is 344 g/mol. The maximum atomic E-state index is 12.0. The Hall–Kier alpha value is -2.64. The number of rotatable bonds is 9. The predicted molar refractivity (Wildman–Crippen MR) is 105 cm³/mol. The van der Waals surface area contributed by atoms with Crippen LogP contribution in [0.25, 0.3) is 0 Å². The lowest BCUT2D eigenvalue weighted by molar-refractivity contribution is 0.311. The number of hydrogen-bond donors (Lipinski definition) is 1. The van der Waals surface area contributed by atoms with Crippen molar-refractivity contribution in [2.75, 3.05) is 29.9 Å². The number of fused-ring (bicyclic) bond motifs is 1. The maximum Gasteiger partial charge on any atom is 0.323 e. The van der Waals surface area contributed by atoms with Crippen LogP contribution in [0.1, 0.15) is 45.2 Å². The van der Waals surface area contributed by atoms with Crippen LogP contribution in [0.3, 0.4) is 0 Å². The monoisotopic (exact) mass is 372 g/mol. The van der Waals surface area contributed by atoms with Crippen molar-refractivity contribution in [2.45, 2.75) is 52.6 Å². The summed E-state index contributed by atoms with van der Waals surface area (Å²) in [5.41, 5.74) is 0.994. The van der Waals surface area contributed by atoms with Gasteiger partial charge in [-0.05, 0) is 19.4 Å². The average Bonchev–Trinajstić information content (AvgIpc) is 2.68.